The molecule has 5 heteroatoms. The molecule has 0 saturated carbocycles. The minimum atomic E-state index is 0. The fraction of sp³-hybridized carbons (Fsp3) is 0.200. The SMILES string of the molecule is C[N+](C)(C(=S)N=CN)c1ccccc1.Cl. The van der Waals surface area contributed by atoms with E-state index in [1.54, 1.807) is 0 Å². The Hall–Kier alpha value is -0.970. The number of halogens is 1. The van der Waals surface area contributed by atoms with Crippen LogP contribution in [0, 0.1) is 0 Å². The maximum absolute atomic E-state index is 5.22. The van der Waals surface area contributed by atoms with Gasteiger partial charge in [-0.05, 0) is 12.1 Å². The van der Waals surface area contributed by atoms with Gasteiger partial charge >= 0.3 is 5.11 Å². The highest BCUT2D eigenvalue weighted by atomic mass is 35.5. The Morgan fingerprint density at radius 3 is 2.33 bits per heavy atom. The van der Waals surface area contributed by atoms with Crippen LogP contribution in [0.4, 0.5) is 5.69 Å². The van der Waals surface area contributed by atoms with Gasteiger partial charge in [0, 0.05) is 12.2 Å². The molecule has 0 spiro atoms. The molecule has 0 bridgehead atoms. The zero-order valence-electron chi connectivity index (χ0n) is 8.75. The highest BCUT2D eigenvalue weighted by Crippen LogP contribution is 2.19. The van der Waals surface area contributed by atoms with Crippen molar-refractivity contribution in [2.75, 3.05) is 14.1 Å². The summed E-state index contributed by atoms with van der Waals surface area (Å²) in [4.78, 5) is 3.93. The maximum atomic E-state index is 5.22. The Balaban J connectivity index is 0.00000196. The summed E-state index contributed by atoms with van der Waals surface area (Å²) >= 11 is 5.17. The second-order valence-electron chi connectivity index (χ2n) is 3.35. The molecule has 1 aromatic rings. The second kappa shape index (κ2) is 5.80. The molecule has 0 aliphatic carbocycles. The van der Waals surface area contributed by atoms with Crippen molar-refractivity contribution < 1.29 is 0 Å². The molecule has 3 nitrogen and oxygen atoms in total. The molecule has 0 fully saturated rings. The van der Waals surface area contributed by atoms with Gasteiger partial charge in [0.2, 0.25) is 0 Å². The lowest BCUT2D eigenvalue weighted by Crippen LogP contribution is -2.44. The Morgan fingerprint density at radius 2 is 1.87 bits per heavy atom. The molecule has 2 N–H and O–H groups in total. The molecule has 0 unspecified atom stereocenters. The Morgan fingerprint density at radius 1 is 1.33 bits per heavy atom. The molecule has 0 radical (unpaired) electrons. The van der Waals surface area contributed by atoms with E-state index in [2.05, 4.69) is 4.99 Å². The fourth-order valence-corrected chi connectivity index (χ4v) is 1.29. The van der Waals surface area contributed by atoms with Gasteiger partial charge in [0.1, 0.15) is 5.69 Å². The normalized spacial score (nSPS) is 11.1. The maximum Gasteiger partial charge on any atom is 0.302 e. The van der Waals surface area contributed by atoms with Gasteiger partial charge in [-0.15, -0.1) is 12.4 Å². The molecule has 0 heterocycles. The Kier molecular flexibility index (Phi) is 5.43. The third-order valence-corrected chi connectivity index (χ3v) is 2.63. The van der Waals surface area contributed by atoms with Gasteiger partial charge in [0.05, 0.1) is 20.4 Å². The van der Waals surface area contributed by atoms with Crippen LogP contribution in [0.5, 0.6) is 0 Å². The van der Waals surface area contributed by atoms with Crippen LogP contribution in [0.3, 0.4) is 0 Å². The van der Waals surface area contributed by atoms with E-state index in [0.717, 1.165) is 5.69 Å². The highest BCUT2D eigenvalue weighted by molar-refractivity contribution is 7.80. The molecule has 0 atom stereocenters. The topological polar surface area (TPSA) is 38.4 Å². The molecule has 15 heavy (non-hydrogen) atoms. The molecule has 1 rings (SSSR count). The third-order valence-electron chi connectivity index (χ3n) is 2.06. The number of quaternary nitrogens is 1. The van der Waals surface area contributed by atoms with E-state index in [4.69, 9.17) is 18.0 Å². The number of nitrogens with two attached hydrogens (primary N) is 1. The predicted molar refractivity (Wildman–Crippen MR) is 72.6 cm³/mol. The van der Waals surface area contributed by atoms with E-state index in [-0.39, 0.29) is 12.4 Å². The number of benzene rings is 1. The Bertz CT molecular complexity index is 349. The van der Waals surface area contributed by atoms with Crippen molar-refractivity contribution in [3.63, 3.8) is 0 Å². The number of rotatable bonds is 1. The first-order valence-electron chi connectivity index (χ1n) is 4.27. The fourth-order valence-electron chi connectivity index (χ4n) is 1.12. The van der Waals surface area contributed by atoms with Crippen LogP contribution in [-0.4, -0.2) is 25.5 Å². The van der Waals surface area contributed by atoms with Crippen molar-refractivity contribution in [1.29, 1.82) is 0 Å². The summed E-state index contributed by atoms with van der Waals surface area (Å²) in [6, 6.07) is 9.95. The van der Waals surface area contributed by atoms with Crippen molar-refractivity contribution >= 4 is 41.8 Å². The van der Waals surface area contributed by atoms with E-state index in [1.165, 1.54) is 6.34 Å². The lowest BCUT2D eigenvalue weighted by Gasteiger charge is -2.25. The molecular formula is C10H15ClN3S+. The molecule has 0 aliphatic rings. The van der Waals surface area contributed by atoms with E-state index in [9.17, 15) is 0 Å². The predicted octanol–water partition coefficient (Wildman–Crippen LogP) is 1.95. The molecular weight excluding hydrogens is 230 g/mol. The monoisotopic (exact) mass is 244 g/mol. The second-order valence-corrected chi connectivity index (χ2v) is 3.71. The summed E-state index contributed by atoms with van der Waals surface area (Å²) in [5, 5.41) is 0.540. The van der Waals surface area contributed by atoms with Crippen LogP contribution < -0.4 is 10.2 Å². The molecule has 0 saturated heterocycles. The summed E-state index contributed by atoms with van der Waals surface area (Å²) in [6.45, 7) is 0. The van der Waals surface area contributed by atoms with Gasteiger partial charge in [-0.25, -0.2) is 4.48 Å². The quantitative estimate of drug-likeness (QED) is 0.355. The van der Waals surface area contributed by atoms with Gasteiger partial charge in [0.25, 0.3) is 0 Å². The molecule has 0 aliphatic heterocycles. The van der Waals surface area contributed by atoms with Crippen LogP contribution in [0.25, 0.3) is 0 Å². The lowest BCUT2D eigenvalue weighted by atomic mass is 10.3. The van der Waals surface area contributed by atoms with Crippen LogP contribution >= 0.6 is 24.6 Å². The van der Waals surface area contributed by atoms with Crippen LogP contribution in [0.1, 0.15) is 0 Å². The largest absolute Gasteiger partial charge is 0.390 e. The van der Waals surface area contributed by atoms with Crippen molar-refractivity contribution in [2.45, 2.75) is 0 Å². The first kappa shape index (κ1) is 14.0. The first-order chi connectivity index (χ1) is 6.59. The number of hydrogen-bond donors (Lipinski definition) is 1. The standard InChI is InChI=1S/C10H13N3S.ClH/c1-13(2,10(14)12-8-11)9-6-4-3-5-7-9;/h3-8H,1-2H3,(H-,11,12,14);1H/p+1. The van der Waals surface area contributed by atoms with Crippen LogP contribution in [-0.2, 0) is 0 Å². The summed E-state index contributed by atoms with van der Waals surface area (Å²) in [5.41, 5.74) is 6.30. The number of aliphatic imine (C=N–C) groups is 1. The molecule has 0 amide bonds. The molecule has 82 valence electrons. The number of thiocarbonyl (C=S) groups is 1. The highest BCUT2D eigenvalue weighted by Gasteiger charge is 2.24. The number of hydrogen-bond acceptors (Lipinski definition) is 1. The van der Waals surface area contributed by atoms with Crippen LogP contribution in [0.15, 0.2) is 35.3 Å². The first-order valence-corrected chi connectivity index (χ1v) is 4.68. The van der Waals surface area contributed by atoms with Gasteiger partial charge in [-0.2, -0.15) is 4.99 Å². The van der Waals surface area contributed by atoms with Gasteiger partial charge in [-0.3, -0.25) is 0 Å². The zero-order valence-corrected chi connectivity index (χ0v) is 10.4. The minimum absolute atomic E-state index is 0. The van der Waals surface area contributed by atoms with Crippen molar-refractivity contribution in [3.8, 4) is 0 Å². The van der Waals surface area contributed by atoms with Crippen molar-refractivity contribution in [3.05, 3.63) is 30.3 Å². The number of para-hydroxylation sites is 1. The van der Waals surface area contributed by atoms with E-state index < -0.39 is 0 Å². The summed E-state index contributed by atoms with van der Waals surface area (Å²) < 4.78 is 0.434. The summed E-state index contributed by atoms with van der Waals surface area (Å²) in [7, 11) is 3.95. The molecule has 1 aromatic carbocycles. The van der Waals surface area contributed by atoms with Crippen molar-refractivity contribution in [2.24, 2.45) is 10.7 Å². The van der Waals surface area contributed by atoms with Gasteiger partial charge < -0.3 is 5.73 Å². The summed E-state index contributed by atoms with van der Waals surface area (Å²) in [5.74, 6) is 0. The van der Waals surface area contributed by atoms with E-state index >= 15 is 0 Å². The van der Waals surface area contributed by atoms with Gasteiger partial charge in [-0.1, -0.05) is 18.2 Å². The number of nitrogens with zero attached hydrogens (tertiary/aromatic N) is 2. The third kappa shape index (κ3) is 3.27. The minimum Gasteiger partial charge on any atom is -0.390 e. The van der Waals surface area contributed by atoms with E-state index in [1.807, 2.05) is 44.4 Å². The zero-order chi connectivity index (χ0) is 10.6. The van der Waals surface area contributed by atoms with E-state index in [0.29, 0.717) is 9.60 Å². The summed E-state index contributed by atoms with van der Waals surface area (Å²) in [6.07, 6.45) is 1.23. The van der Waals surface area contributed by atoms with Gasteiger partial charge in [0.15, 0.2) is 0 Å². The smallest absolute Gasteiger partial charge is 0.302 e. The Labute approximate surface area is 102 Å². The molecule has 0 aromatic heterocycles. The average Bonchev–Trinajstić information content (AvgIpc) is 2.19. The van der Waals surface area contributed by atoms with Crippen molar-refractivity contribution in [1.82, 2.24) is 4.48 Å². The lowest BCUT2D eigenvalue weighted by molar-refractivity contribution is 0.599. The van der Waals surface area contributed by atoms with Crippen LogP contribution in [0.2, 0.25) is 0 Å². The average molecular weight is 245 g/mol.